The molecule has 20 heavy (non-hydrogen) atoms. The van der Waals surface area contributed by atoms with Gasteiger partial charge in [-0.15, -0.1) is 0 Å². The van der Waals surface area contributed by atoms with E-state index in [0.29, 0.717) is 6.42 Å². The SMILES string of the molecule is CCCCCCOc1ccc(OC(C)(C)CCO)cc1. The monoisotopic (exact) mass is 280 g/mol. The third-order valence-corrected chi connectivity index (χ3v) is 3.20. The Bertz CT molecular complexity index is 357. The largest absolute Gasteiger partial charge is 0.494 e. The van der Waals surface area contributed by atoms with Gasteiger partial charge in [0.2, 0.25) is 0 Å². The summed E-state index contributed by atoms with van der Waals surface area (Å²) in [5, 5.41) is 8.98. The van der Waals surface area contributed by atoms with Crippen molar-refractivity contribution in [1.29, 1.82) is 0 Å². The van der Waals surface area contributed by atoms with E-state index >= 15 is 0 Å². The fourth-order valence-corrected chi connectivity index (χ4v) is 1.96. The lowest BCUT2D eigenvalue weighted by molar-refractivity contribution is 0.0764. The molecule has 114 valence electrons. The second-order valence-electron chi connectivity index (χ2n) is 5.72. The van der Waals surface area contributed by atoms with Crippen LogP contribution in [0.5, 0.6) is 11.5 Å². The average molecular weight is 280 g/mol. The summed E-state index contributed by atoms with van der Waals surface area (Å²) in [6.07, 6.45) is 5.47. The molecule has 0 saturated carbocycles. The normalized spacial score (nSPS) is 11.4. The highest BCUT2D eigenvalue weighted by Crippen LogP contribution is 2.23. The van der Waals surface area contributed by atoms with Crippen LogP contribution < -0.4 is 9.47 Å². The number of benzene rings is 1. The van der Waals surface area contributed by atoms with Crippen molar-refractivity contribution in [1.82, 2.24) is 0 Å². The molecule has 0 fully saturated rings. The van der Waals surface area contributed by atoms with Crippen LogP contribution in [-0.4, -0.2) is 23.9 Å². The van der Waals surface area contributed by atoms with Crippen LogP contribution in [0.25, 0.3) is 0 Å². The molecular formula is C17H28O3. The maximum Gasteiger partial charge on any atom is 0.120 e. The fraction of sp³-hybridized carbons (Fsp3) is 0.647. The molecule has 0 aliphatic heterocycles. The molecule has 0 amide bonds. The quantitative estimate of drug-likeness (QED) is 0.653. The van der Waals surface area contributed by atoms with Crippen LogP contribution in [0.1, 0.15) is 52.9 Å². The second-order valence-corrected chi connectivity index (χ2v) is 5.72. The van der Waals surface area contributed by atoms with E-state index in [1.807, 2.05) is 38.1 Å². The van der Waals surface area contributed by atoms with Gasteiger partial charge >= 0.3 is 0 Å². The van der Waals surface area contributed by atoms with E-state index in [1.54, 1.807) is 0 Å². The molecule has 0 atom stereocenters. The van der Waals surface area contributed by atoms with Gasteiger partial charge in [-0.1, -0.05) is 26.2 Å². The van der Waals surface area contributed by atoms with E-state index in [9.17, 15) is 0 Å². The van der Waals surface area contributed by atoms with Crippen molar-refractivity contribution >= 4 is 0 Å². The van der Waals surface area contributed by atoms with Gasteiger partial charge in [-0.2, -0.15) is 0 Å². The second kappa shape index (κ2) is 8.85. The van der Waals surface area contributed by atoms with Crippen LogP contribution in [0.15, 0.2) is 24.3 Å². The smallest absolute Gasteiger partial charge is 0.120 e. The summed E-state index contributed by atoms with van der Waals surface area (Å²) in [6, 6.07) is 7.70. The molecule has 0 radical (unpaired) electrons. The Balaban J connectivity index is 2.36. The molecule has 1 aromatic rings. The van der Waals surface area contributed by atoms with Gasteiger partial charge in [0.15, 0.2) is 0 Å². The minimum atomic E-state index is -0.350. The fourth-order valence-electron chi connectivity index (χ4n) is 1.96. The Morgan fingerprint density at radius 1 is 1.00 bits per heavy atom. The van der Waals surface area contributed by atoms with Crippen LogP contribution >= 0.6 is 0 Å². The van der Waals surface area contributed by atoms with Crippen LogP contribution in [0.4, 0.5) is 0 Å². The standard InChI is InChI=1S/C17H28O3/c1-4-5-6-7-14-19-15-8-10-16(11-9-15)20-17(2,3)12-13-18/h8-11,18H,4-7,12-14H2,1-3H3. The summed E-state index contributed by atoms with van der Waals surface area (Å²) in [5.41, 5.74) is -0.350. The van der Waals surface area contributed by atoms with Gasteiger partial charge in [-0.05, 0) is 44.5 Å². The molecule has 0 bridgehead atoms. The molecular weight excluding hydrogens is 252 g/mol. The molecule has 1 N–H and O–H groups in total. The van der Waals surface area contributed by atoms with Crippen LogP contribution in [0.3, 0.4) is 0 Å². The predicted octanol–water partition coefficient (Wildman–Crippen LogP) is 4.19. The third kappa shape index (κ3) is 6.80. The van der Waals surface area contributed by atoms with Gasteiger partial charge in [-0.3, -0.25) is 0 Å². The lowest BCUT2D eigenvalue weighted by atomic mass is 10.1. The minimum Gasteiger partial charge on any atom is -0.494 e. The van der Waals surface area contributed by atoms with Crippen molar-refractivity contribution in [2.45, 2.75) is 58.5 Å². The van der Waals surface area contributed by atoms with Crippen molar-refractivity contribution in [3.8, 4) is 11.5 Å². The predicted molar refractivity (Wildman–Crippen MR) is 82.5 cm³/mol. The van der Waals surface area contributed by atoms with Gasteiger partial charge in [0.05, 0.1) is 6.61 Å². The minimum absolute atomic E-state index is 0.131. The Morgan fingerprint density at radius 2 is 1.65 bits per heavy atom. The van der Waals surface area contributed by atoms with E-state index < -0.39 is 0 Å². The number of ether oxygens (including phenoxy) is 2. The molecule has 3 heteroatoms. The molecule has 0 unspecified atom stereocenters. The Labute approximate surface area is 122 Å². The lowest BCUT2D eigenvalue weighted by Gasteiger charge is -2.25. The molecule has 0 spiro atoms. The Morgan fingerprint density at radius 3 is 2.25 bits per heavy atom. The van der Waals surface area contributed by atoms with E-state index in [-0.39, 0.29) is 12.2 Å². The summed E-state index contributed by atoms with van der Waals surface area (Å²) in [6.45, 7) is 7.06. The van der Waals surface area contributed by atoms with Crippen molar-refractivity contribution in [2.75, 3.05) is 13.2 Å². The first-order chi connectivity index (χ1) is 9.57. The zero-order valence-corrected chi connectivity index (χ0v) is 13.0. The first-order valence-electron chi connectivity index (χ1n) is 7.60. The van der Waals surface area contributed by atoms with Gasteiger partial charge in [-0.25, -0.2) is 0 Å². The van der Waals surface area contributed by atoms with Crippen molar-refractivity contribution in [3.05, 3.63) is 24.3 Å². The van der Waals surface area contributed by atoms with E-state index in [4.69, 9.17) is 14.6 Å². The zero-order chi connectivity index (χ0) is 14.8. The van der Waals surface area contributed by atoms with E-state index in [0.717, 1.165) is 24.5 Å². The summed E-state index contributed by atoms with van der Waals surface area (Å²) in [7, 11) is 0. The summed E-state index contributed by atoms with van der Waals surface area (Å²) in [4.78, 5) is 0. The molecule has 1 rings (SSSR count). The van der Waals surface area contributed by atoms with Gasteiger partial charge < -0.3 is 14.6 Å². The zero-order valence-electron chi connectivity index (χ0n) is 13.0. The molecule has 0 saturated heterocycles. The molecule has 3 nitrogen and oxygen atoms in total. The Kier molecular flexibility index (Phi) is 7.45. The van der Waals surface area contributed by atoms with Crippen molar-refractivity contribution < 1.29 is 14.6 Å². The van der Waals surface area contributed by atoms with Gasteiger partial charge in [0, 0.05) is 13.0 Å². The Hall–Kier alpha value is -1.22. The number of rotatable bonds is 10. The molecule has 0 aliphatic rings. The van der Waals surface area contributed by atoms with Crippen LogP contribution in [0.2, 0.25) is 0 Å². The summed E-state index contributed by atoms with van der Waals surface area (Å²) in [5.74, 6) is 1.69. The summed E-state index contributed by atoms with van der Waals surface area (Å²) < 4.78 is 11.5. The van der Waals surface area contributed by atoms with E-state index in [2.05, 4.69) is 6.92 Å². The molecule has 0 aromatic heterocycles. The third-order valence-electron chi connectivity index (χ3n) is 3.20. The molecule has 0 aliphatic carbocycles. The van der Waals surface area contributed by atoms with Crippen molar-refractivity contribution in [2.24, 2.45) is 0 Å². The highest BCUT2D eigenvalue weighted by molar-refractivity contribution is 5.31. The maximum absolute atomic E-state index is 8.98. The lowest BCUT2D eigenvalue weighted by Crippen LogP contribution is -2.29. The number of aliphatic hydroxyl groups is 1. The summed E-state index contributed by atoms with van der Waals surface area (Å²) >= 11 is 0. The average Bonchev–Trinajstić information content (AvgIpc) is 2.40. The highest BCUT2D eigenvalue weighted by atomic mass is 16.5. The maximum atomic E-state index is 8.98. The molecule has 1 aromatic carbocycles. The number of aliphatic hydroxyl groups excluding tert-OH is 1. The first-order valence-corrected chi connectivity index (χ1v) is 7.60. The molecule has 0 heterocycles. The number of hydrogen-bond acceptors (Lipinski definition) is 3. The van der Waals surface area contributed by atoms with Gasteiger partial charge in [0.25, 0.3) is 0 Å². The van der Waals surface area contributed by atoms with Crippen molar-refractivity contribution in [3.63, 3.8) is 0 Å². The highest BCUT2D eigenvalue weighted by Gasteiger charge is 2.18. The number of unbranched alkanes of at least 4 members (excludes halogenated alkanes) is 3. The van der Waals surface area contributed by atoms with E-state index in [1.165, 1.54) is 19.3 Å². The van der Waals surface area contributed by atoms with Crippen LogP contribution in [0, 0.1) is 0 Å². The topological polar surface area (TPSA) is 38.7 Å². The number of hydrogen-bond donors (Lipinski definition) is 1. The van der Waals surface area contributed by atoms with Gasteiger partial charge in [0.1, 0.15) is 17.1 Å². The first kappa shape index (κ1) is 16.8. The van der Waals surface area contributed by atoms with Crippen LogP contribution in [-0.2, 0) is 0 Å².